The number of nitrogens with one attached hydrogen (secondary N) is 1. The molecule has 2 rings (SSSR count). The second-order valence-corrected chi connectivity index (χ2v) is 5.51. The van der Waals surface area contributed by atoms with Crippen LogP contribution in [0.3, 0.4) is 0 Å². The van der Waals surface area contributed by atoms with Gasteiger partial charge in [0.25, 0.3) is 0 Å². The van der Waals surface area contributed by atoms with E-state index in [4.69, 9.17) is 9.84 Å². The zero-order chi connectivity index (χ0) is 15.5. The molecule has 118 valence electrons. The highest BCUT2D eigenvalue weighted by Gasteiger charge is 2.38. The largest absolute Gasteiger partial charge is 0.416 e. The van der Waals surface area contributed by atoms with Crippen molar-refractivity contribution >= 4 is 0 Å². The van der Waals surface area contributed by atoms with Gasteiger partial charge in [-0.05, 0) is 37.5 Å². The number of hydrogen-bond acceptors (Lipinski definition) is 3. The summed E-state index contributed by atoms with van der Waals surface area (Å²) in [6, 6.07) is 5.18. The fraction of sp³-hybridized carbons (Fsp3) is 0.600. The molecule has 0 amide bonds. The fourth-order valence-electron chi connectivity index (χ4n) is 2.63. The normalized spacial score (nSPS) is 26.2. The van der Waals surface area contributed by atoms with Gasteiger partial charge in [0.1, 0.15) is 0 Å². The summed E-state index contributed by atoms with van der Waals surface area (Å²) in [5, 5.41) is 11.8. The zero-order valence-electron chi connectivity index (χ0n) is 11.9. The molecule has 0 aliphatic carbocycles. The van der Waals surface area contributed by atoms with E-state index in [1.807, 2.05) is 6.92 Å². The quantitative estimate of drug-likeness (QED) is 0.822. The second kappa shape index (κ2) is 6.34. The van der Waals surface area contributed by atoms with E-state index in [1.54, 1.807) is 0 Å². The third kappa shape index (κ3) is 3.96. The van der Waals surface area contributed by atoms with Crippen LogP contribution in [0, 0.1) is 0 Å². The SMILES string of the molecule is C[C@@]1(c2ccc(C(F)(F)F)cc2)CC[C@H](CNCCO)O1. The molecule has 1 aromatic carbocycles. The topological polar surface area (TPSA) is 41.5 Å². The van der Waals surface area contributed by atoms with Crippen molar-refractivity contribution in [2.24, 2.45) is 0 Å². The van der Waals surface area contributed by atoms with Crippen molar-refractivity contribution in [1.29, 1.82) is 0 Å². The van der Waals surface area contributed by atoms with Crippen LogP contribution in [0.5, 0.6) is 0 Å². The zero-order valence-corrected chi connectivity index (χ0v) is 11.9. The number of benzene rings is 1. The number of rotatable bonds is 5. The van der Waals surface area contributed by atoms with Gasteiger partial charge in [0.15, 0.2) is 0 Å². The molecule has 0 spiro atoms. The first-order valence-corrected chi connectivity index (χ1v) is 7.02. The van der Waals surface area contributed by atoms with Crippen molar-refractivity contribution < 1.29 is 23.0 Å². The molecule has 0 saturated carbocycles. The van der Waals surface area contributed by atoms with Crippen LogP contribution < -0.4 is 5.32 Å². The highest BCUT2D eigenvalue weighted by molar-refractivity contribution is 5.29. The van der Waals surface area contributed by atoms with Crippen LogP contribution in [-0.4, -0.2) is 30.9 Å². The lowest BCUT2D eigenvalue weighted by Gasteiger charge is -2.26. The third-order valence-electron chi connectivity index (χ3n) is 3.85. The second-order valence-electron chi connectivity index (χ2n) is 5.51. The molecule has 0 aromatic heterocycles. The molecule has 1 fully saturated rings. The van der Waals surface area contributed by atoms with E-state index in [-0.39, 0.29) is 12.7 Å². The van der Waals surface area contributed by atoms with E-state index in [2.05, 4.69) is 5.32 Å². The van der Waals surface area contributed by atoms with Gasteiger partial charge in [0.05, 0.1) is 23.9 Å². The highest BCUT2D eigenvalue weighted by Crippen LogP contribution is 2.39. The maximum atomic E-state index is 12.6. The molecule has 1 aliphatic heterocycles. The summed E-state index contributed by atoms with van der Waals surface area (Å²) in [5.74, 6) is 0. The number of ether oxygens (including phenoxy) is 1. The summed E-state index contributed by atoms with van der Waals surface area (Å²) in [5.41, 5.74) is -0.426. The summed E-state index contributed by atoms with van der Waals surface area (Å²) >= 11 is 0. The van der Waals surface area contributed by atoms with Crippen molar-refractivity contribution in [2.45, 2.75) is 37.6 Å². The smallest absolute Gasteiger partial charge is 0.395 e. The predicted molar refractivity (Wildman–Crippen MR) is 72.9 cm³/mol. The van der Waals surface area contributed by atoms with Crippen LogP contribution in [0.2, 0.25) is 0 Å². The summed E-state index contributed by atoms with van der Waals surface area (Å²) in [7, 11) is 0. The number of aliphatic hydroxyl groups excluding tert-OH is 1. The Morgan fingerprint density at radius 3 is 2.57 bits per heavy atom. The van der Waals surface area contributed by atoms with Gasteiger partial charge >= 0.3 is 6.18 Å². The Kier molecular flexibility index (Phi) is 4.91. The van der Waals surface area contributed by atoms with E-state index in [0.29, 0.717) is 13.1 Å². The molecule has 3 nitrogen and oxygen atoms in total. The average Bonchev–Trinajstić information content (AvgIpc) is 2.81. The van der Waals surface area contributed by atoms with E-state index in [0.717, 1.165) is 30.5 Å². The van der Waals surface area contributed by atoms with E-state index in [9.17, 15) is 13.2 Å². The van der Waals surface area contributed by atoms with Gasteiger partial charge in [-0.2, -0.15) is 13.2 Å². The van der Waals surface area contributed by atoms with Gasteiger partial charge in [-0.3, -0.25) is 0 Å². The van der Waals surface area contributed by atoms with Crippen molar-refractivity contribution in [3.63, 3.8) is 0 Å². The first-order chi connectivity index (χ1) is 9.85. The molecule has 1 saturated heterocycles. The molecule has 0 radical (unpaired) electrons. The number of alkyl halides is 3. The van der Waals surface area contributed by atoms with Gasteiger partial charge in [-0.15, -0.1) is 0 Å². The third-order valence-corrected chi connectivity index (χ3v) is 3.85. The monoisotopic (exact) mass is 303 g/mol. The molecule has 1 aromatic rings. The summed E-state index contributed by atoms with van der Waals surface area (Å²) in [6.45, 7) is 3.12. The minimum atomic E-state index is -4.31. The summed E-state index contributed by atoms with van der Waals surface area (Å²) < 4.78 is 43.7. The van der Waals surface area contributed by atoms with Gasteiger partial charge < -0.3 is 15.2 Å². The van der Waals surface area contributed by atoms with Crippen LogP contribution in [0.1, 0.15) is 30.9 Å². The fourth-order valence-corrected chi connectivity index (χ4v) is 2.63. The summed E-state index contributed by atoms with van der Waals surface area (Å²) in [6.07, 6.45) is -2.68. The van der Waals surface area contributed by atoms with Crippen LogP contribution in [0.4, 0.5) is 13.2 Å². The number of aliphatic hydroxyl groups is 1. The first-order valence-electron chi connectivity index (χ1n) is 7.02. The Bertz CT molecular complexity index is 461. The van der Waals surface area contributed by atoms with Gasteiger partial charge in [-0.25, -0.2) is 0 Å². The van der Waals surface area contributed by atoms with E-state index < -0.39 is 17.3 Å². The van der Waals surface area contributed by atoms with Crippen LogP contribution in [0.25, 0.3) is 0 Å². The lowest BCUT2D eigenvalue weighted by molar-refractivity contribution is -0.137. The van der Waals surface area contributed by atoms with Crippen molar-refractivity contribution in [3.8, 4) is 0 Å². The Hall–Kier alpha value is -1.11. The lowest BCUT2D eigenvalue weighted by Crippen LogP contribution is -2.31. The Morgan fingerprint density at radius 1 is 1.33 bits per heavy atom. The number of hydrogen-bond donors (Lipinski definition) is 2. The van der Waals surface area contributed by atoms with Crippen LogP contribution in [-0.2, 0) is 16.5 Å². The molecule has 0 bridgehead atoms. The molecule has 2 atom stereocenters. The first kappa shape index (κ1) is 16.3. The minimum Gasteiger partial charge on any atom is -0.395 e. The molecule has 2 N–H and O–H groups in total. The highest BCUT2D eigenvalue weighted by atomic mass is 19.4. The van der Waals surface area contributed by atoms with Crippen molar-refractivity contribution in [1.82, 2.24) is 5.32 Å². The van der Waals surface area contributed by atoms with E-state index in [1.165, 1.54) is 12.1 Å². The Labute approximate surface area is 122 Å². The average molecular weight is 303 g/mol. The molecule has 1 aliphatic rings. The Morgan fingerprint density at radius 2 is 2.00 bits per heavy atom. The Balaban J connectivity index is 2.01. The molecule has 21 heavy (non-hydrogen) atoms. The molecular formula is C15H20F3NO2. The molecule has 6 heteroatoms. The molecule has 1 heterocycles. The maximum absolute atomic E-state index is 12.6. The summed E-state index contributed by atoms with van der Waals surface area (Å²) in [4.78, 5) is 0. The predicted octanol–water partition coefficient (Wildman–Crippen LogP) is 2.68. The van der Waals surface area contributed by atoms with Gasteiger partial charge in [0, 0.05) is 13.1 Å². The minimum absolute atomic E-state index is 0.0174. The lowest BCUT2D eigenvalue weighted by atomic mass is 9.92. The number of halogens is 3. The van der Waals surface area contributed by atoms with Gasteiger partial charge in [0.2, 0.25) is 0 Å². The van der Waals surface area contributed by atoms with Crippen molar-refractivity contribution in [2.75, 3.05) is 19.7 Å². The van der Waals surface area contributed by atoms with Crippen LogP contribution >= 0.6 is 0 Å². The van der Waals surface area contributed by atoms with Gasteiger partial charge in [-0.1, -0.05) is 12.1 Å². The van der Waals surface area contributed by atoms with Crippen molar-refractivity contribution in [3.05, 3.63) is 35.4 Å². The maximum Gasteiger partial charge on any atom is 0.416 e. The standard InChI is InChI=1S/C15H20F3NO2/c1-14(7-6-13(21-14)10-19-8-9-20)11-2-4-12(5-3-11)15(16,17)18/h2-5,13,19-20H,6-10H2,1H3/t13-,14+/m1/s1. The van der Waals surface area contributed by atoms with E-state index >= 15 is 0 Å². The van der Waals surface area contributed by atoms with Crippen LogP contribution in [0.15, 0.2) is 24.3 Å². The molecule has 0 unspecified atom stereocenters. The molecular weight excluding hydrogens is 283 g/mol.